The van der Waals surface area contributed by atoms with Crippen molar-refractivity contribution < 1.29 is 4.79 Å². The molecule has 1 saturated carbocycles. The Labute approximate surface area is 74.5 Å². The van der Waals surface area contributed by atoms with Crippen molar-refractivity contribution in [1.29, 1.82) is 0 Å². The largest absolute Gasteiger partial charge is 0.303 e. The second-order valence-electron chi connectivity index (χ2n) is 3.75. The molecule has 0 saturated heterocycles. The molecule has 12 heavy (non-hydrogen) atoms. The number of terminal acetylenes is 1. The Balaban J connectivity index is 2.35. The topological polar surface area (TPSA) is 17.1 Å². The molecule has 0 amide bonds. The third-order valence-corrected chi connectivity index (χ3v) is 2.85. The Morgan fingerprint density at radius 2 is 2.08 bits per heavy atom. The highest BCUT2D eigenvalue weighted by atomic mass is 16.1. The van der Waals surface area contributed by atoms with Crippen LogP contribution in [0, 0.1) is 17.8 Å². The van der Waals surface area contributed by atoms with Crippen molar-refractivity contribution in [3.05, 3.63) is 0 Å². The molecule has 0 aromatic rings. The number of unbranched alkanes of at least 4 members (excludes halogenated alkanes) is 1. The number of aldehydes is 1. The Morgan fingerprint density at radius 1 is 1.42 bits per heavy atom. The van der Waals surface area contributed by atoms with Gasteiger partial charge in [0.2, 0.25) is 0 Å². The quantitative estimate of drug-likeness (QED) is 0.354. The van der Waals surface area contributed by atoms with E-state index in [2.05, 4.69) is 5.92 Å². The van der Waals surface area contributed by atoms with E-state index in [9.17, 15) is 4.79 Å². The zero-order chi connectivity index (χ0) is 8.86. The summed E-state index contributed by atoms with van der Waals surface area (Å²) in [7, 11) is 0. The molecule has 0 radical (unpaired) electrons. The first-order valence-electron chi connectivity index (χ1n) is 4.73. The van der Waals surface area contributed by atoms with Gasteiger partial charge >= 0.3 is 0 Å². The summed E-state index contributed by atoms with van der Waals surface area (Å²) in [4.78, 5) is 10.9. The standard InChI is InChI=1S/C11H16O/c1-2-3-4-7-11(10-12)8-5-6-9-11/h1,10H,3-9H2. The fraction of sp³-hybridized carbons (Fsp3) is 0.727. The van der Waals surface area contributed by atoms with Gasteiger partial charge < -0.3 is 4.79 Å². The van der Waals surface area contributed by atoms with Gasteiger partial charge in [-0.2, -0.15) is 0 Å². The third kappa shape index (κ3) is 2.11. The molecular weight excluding hydrogens is 148 g/mol. The van der Waals surface area contributed by atoms with E-state index < -0.39 is 0 Å². The maximum absolute atomic E-state index is 10.9. The molecule has 1 fully saturated rings. The molecule has 1 rings (SSSR count). The van der Waals surface area contributed by atoms with E-state index in [1.165, 1.54) is 12.8 Å². The van der Waals surface area contributed by atoms with Gasteiger partial charge in [0.15, 0.2) is 0 Å². The van der Waals surface area contributed by atoms with Crippen LogP contribution in [0.2, 0.25) is 0 Å². The second kappa shape index (κ2) is 4.30. The van der Waals surface area contributed by atoms with E-state index in [1.807, 2.05) is 0 Å². The summed E-state index contributed by atoms with van der Waals surface area (Å²) in [5, 5.41) is 0. The Kier molecular flexibility index (Phi) is 3.34. The van der Waals surface area contributed by atoms with Gasteiger partial charge in [0.05, 0.1) is 0 Å². The molecular formula is C11H16O. The van der Waals surface area contributed by atoms with Crippen molar-refractivity contribution in [2.45, 2.75) is 44.9 Å². The average Bonchev–Trinajstić information content (AvgIpc) is 2.55. The van der Waals surface area contributed by atoms with Crippen LogP contribution in [0.15, 0.2) is 0 Å². The highest BCUT2D eigenvalue weighted by Gasteiger charge is 2.32. The van der Waals surface area contributed by atoms with Crippen LogP contribution < -0.4 is 0 Å². The lowest BCUT2D eigenvalue weighted by Crippen LogP contribution is -2.17. The van der Waals surface area contributed by atoms with Gasteiger partial charge in [-0.1, -0.05) is 12.8 Å². The number of rotatable bonds is 4. The number of carbonyl (C=O) groups is 1. The molecule has 1 aliphatic carbocycles. The molecule has 0 unspecified atom stereocenters. The van der Waals surface area contributed by atoms with E-state index in [-0.39, 0.29) is 5.41 Å². The molecule has 66 valence electrons. The first-order chi connectivity index (χ1) is 5.83. The summed E-state index contributed by atoms with van der Waals surface area (Å²) in [6.07, 6.45) is 13.8. The van der Waals surface area contributed by atoms with Crippen LogP contribution in [0.1, 0.15) is 44.9 Å². The average molecular weight is 164 g/mol. The van der Waals surface area contributed by atoms with E-state index in [1.54, 1.807) is 0 Å². The predicted octanol–water partition coefficient (Wildman–Crippen LogP) is 2.55. The molecule has 0 aliphatic heterocycles. The Morgan fingerprint density at radius 3 is 2.58 bits per heavy atom. The highest BCUT2D eigenvalue weighted by Crippen LogP contribution is 2.40. The van der Waals surface area contributed by atoms with Gasteiger partial charge in [-0.05, 0) is 25.7 Å². The van der Waals surface area contributed by atoms with Gasteiger partial charge in [-0.25, -0.2) is 0 Å². The zero-order valence-electron chi connectivity index (χ0n) is 7.51. The molecule has 1 aliphatic rings. The normalized spacial score (nSPS) is 20.2. The maximum atomic E-state index is 10.9. The minimum atomic E-state index is 0.0108. The summed E-state index contributed by atoms with van der Waals surface area (Å²) in [5.74, 6) is 2.62. The first-order valence-corrected chi connectivity index (χ1v) is 4.73. The molecule has 1 heteroatoms. The van der Waals surface area contributed by atoms with Gasteiger partial charge in [0.1, 0.15) is 6.29 Å². The number of carbonyl (C=O) groups excluding carboxylic acids is 1. The van der Waals surface area contributed by atoms with E-state index in [4.69, 9.17) is 6.42 Å². The van der Waals surface area contributed by atoms with Crippen LogP contribution in [0.4, 0.5) is 0 Å². The SMILES string of the molecule is C#CCCCC1(C=O)CCCC1. The monoisotopic (exact) mass is 164 g/mol. The van der Waals surface area contributed by atoms with Crippen molar-refractivity contribution in [3.8, 4) is 12.3 Å². The van der Waals surface area contributed by atoms with E-state index in [0.717, 1.165) is 38.4 Å². The molecule has 0 aromatic carbocycles. The fourth-order valence-electron chi connectivity index (χ4n) is 2.05. The molecule has 0 bridgehead atoms. The van der Waals surface area contributed by atoms with Gasteiger partial charge in [-0.3, -0.25) is 0 Å². The second-order valence-corrected chi connectivity index (χ2v) is 3.75. The van der Waals surface area contributed by atoms with Crippen molar-refractivity contribution in [1.82, 2.24) is 0 Å². The summed E-state index contributed by atoms with van der Waals surface area (Å²) < 4.78 is 0. The summed E-state index contributed by atoms with van der Waals surface area (Å²) in [6.45, 7) is 0. The minimum Gasteiger partial charge on any atom is -0.303 e. The first kappa shape index (κ1) is 9.32. The molecule has 0 spiro atoms. The Hall–Kier alpha value is -0.770. The molecule has 0 atom stereocenters. The fourth-order valence-corrected chi connectivity index (χ4v) is 2.05. The van der Waals surface area contributed by atoms with Crippen LogP contribution in [0.25, 0.3) is 0 Å². The maximum Gasteiger partial charge on any atom is 0.126 e. The smallest absolute Gasteiger partial charge is 0.126 e. The lowest BCUT2D eigenvalue weighted by molar-refractivity contribution is -0.116. The van der Waals surface area contributed by atoms with Crippen molar-refractivity contribution in [3.63, 3.8) is 0 Å². The van der Waals surface area contributed by atoms with E-state index in [0.29, 0.717) is 0 Å². The third-order valence-electron chi connectivity index (χ3n) is 2.85. The summed E-state index contributed by atoms with van der Waals surface area (Å²) in [5.41, 5.74) is 0.0108. The van der Waals surface area contributed by atoms with Crippen molar-refractivity contribution in [2.24, 2.45) is 5.41 Å². The van der Waals surface area contributed by atoms with Crippen LogP contribution in [-0.4, -0.2) is 6.29 Å². The molecule has 0 aromatic heterocycles. The van der Waals surface area contributed by atoms with Gasteiger partial charge in [-0.15, -0.1) is 12.3 Å². The van der Waals surface area contributed by atoms with Crippen LogP contribution >= 0.6 is 0 Å². The molecule has 0 heterocycles. The molecule has 1 nitrogen and oxygen atoms in total. The van der Waals surface area contributed by atoms with Gasteiger partial charge in [0.25, 0.3) is 0 Å². The van der Waals surface area contributed by atoms with Crippen molar-refractivity contribution >= 4 is 6.29 Å². The van der Waals surface area contributed by atoms with Crippen LogP contribution in [0.5, 0.6) is 0 Å². The van der Waals surface area contributed by atoms with E-state index >= 15 is 0 Å². The zero-order valence-corrected chi connectivity index (χ0v) is 7.51. The Bertz CT molecular complexity index is 182. The van der Waals surface area contributed by atoms with Gasteiger partial charge in [0, 0.05) is 11.8 Å². The van der Waals surface area contributed by atoms with Crippen LogP contribution in [-0.2, 0) is 4.79 Å². The summed E-state index contributed by atoms with van der Waals surface area (Å²) in [6, 6.07) is 0. The lowest BCUT2D eigenvalue weighted by atomic mass is 9.83. The number of hydrogen-bond donors (Lipinski definition) is 0. The number of hydrogen-bond acceptors (Lipinski definition) is 1. The predicted molar refractivity (Wildman–Crippen MR) is 49.6 cm³/mol. The van der Waals surface area contributed by atoms with Crippen molar-refractivity contribution in [2.75, 3.05) is 0 Å². The molecule has 0 N–H and O–H groups in total. The summed E-state index contributed by atoms with van der Waals surface area (Å²) >= 11 is 0. The highest BCUT2D eigenvalue weighted by molar-refractivity contribution is 5.59. The van der Waals surface area contributed by atoms with Crippen LogP contribution in [0.3, 0.4) is 0 Å². The minimum absolute atomic E-state index is 0.0108. The lowest BCUT2D eigenvalue weighted by Gasteiger charge is -2.20.